The Kier molecular flexibility index (Phi) is 5.48. The molecule has 2 atom stereocenters. The largest absolute Gasteiger partial charge is 0.334 e. The highest BCUT2D eigenvalue weighted by atomic mass is 32.1. The number of quaternary nitrogens is 1. The van der Waals surface area contributed by atoms with Crippen LogP contribution in [0.4, 0.5) is 5.69 Å². The van der Waals surface area contributed by atoms with Crippen LogP contribution >= 0.6 is 12.2 Å². The van der Waals surface area contributed by atoms with Gasteiger partial charge in [-0.1, -0.05) is 49.4 Å². The van der Waals surface area contributed by atoms with Crippen LogP contribution < -0.4 is 10.2 Å². The number of hydrogen-bond acceptors (Lipinski definition) is 1. The lowest BCUT2D eigenvalue weighted by molar-refractivity contribution is -0.887. The summed E-state index contributed by atoms with van der Waals surface area (Å²) in [7, 11) is 2.26. The number of aryl methyl sites for hydroxylation is 1. The molecular formula is C20H26N3S+. The molecule has 24 heavy (non-hydrogen) atoms. The number of benzene rings is 2. The molecule has 0 bridgehead atoms. The summed E-state index contributed by atoms with van der Waals surface area (Å²) in [6, 6.07) is 19.5. The zero-order valence-corrected chi connectivity index (χ0v) is 15.3. The molecule has 1 unspecified atom stereocenters. The molecule has 0 radical (unpaired) electrons. The number of likely N-dealkylation sites (N-methyl/N-ethyl adjacent to an activating group) is 1. The molecule has 3 nitrogen and oxygen atoms in total. The SMILES string of the molecule is CCc1cccc(NC(=S)N2CC[NH+](C)C[C@H]2c2ccccc2)c1. The van der Waals surface area contributed by atoms with Crippen molar-refractivity contribution < 1.29 is 4.90 Å². The third kappa shape index (κ3) is 3.94. The molecule has 0 aliphatic carbocycles. The first-order valence-electron chi connectivity index (χ1n) is 8.70. The molecule has 1 heterocycles. The minimum absolute atomic E-state index is 0.328. The Labute approximate surface area is 150 Å². The molecule has 1 fully saturated rings. The minimum atomic E-state index is 0.328. The monoisotopic (exact) mass is 340 g/mol. The number of piperazine rings is 1. The summed E-state index contributed by atoms with van der Waals surface area (Å²) in [4.78, 5) is 3.90. The van der Waals surface area contributed by atoms with Crippen molar-refractivity contribution >= 4 is 23.0 Å². The maximum absolute atomic E-state index is 5.76. The van der Waals surface area contributed by atoms with Crippen LogP contribution in [0, 0.1) is 0 Å². The highest BCUT2D eigenvalue weighted by Gasteiger charge is 2.30. The molecule has 1 aliphatic heterocycles. The van der Waals surface area contributed by atoms with Gasteiger partial charge in [0, 0.05) is 5.69 Å². The molecule has 3 rings (SSSR count). The Morgan fingerprint density at radius 2 is 2.00 bits per heavy atom. The van der Waals surface area contributed by atoms with Gasteiger partial charge in [0.15, 0.2) is 5.11 Å². The van der Waals surface area contributed by atoms with Crippen molar-refractivity contribution in [2.75, 3.05) is 32.0 Å². The third-order valence-corrected chi connectivity index (χ3v) is 5.07. The van der Waals surface area contributed by atoms with Crippen molar-refractivity contribution in [2.45, 2.75) is 19.4 Å². The average molecular weight is 341 g/mol. The Balaban J connectivity index is 1.78. The van der Waals surface area contributed by atoms with Gasteiger partial charge in [-0.3, -0.25) is 0 Å². The highest BCUT2D eigenvalue weighted by molar-refractivity contribution is 7.80. The van der Waals surface area contributed by atoms with Crippen molar-refractivity contribution in [3.05, 3.63) is 65.7 Å². The summed E-state index contributed by atoms with van der Waals surface area (Å²) < 4.78 is 0. The molecular weight excluding hydrogens is 314 g/mol. The van der Waals surface area contributed by atoms with Crippen LogP contribution in [0.1, 0.15) is 24.1 Å². The van der Waals surface area contributed by atoms with Gasteiger partial charge in [0.2, 0.25) is 0 Å². The van der Waals surface area contributed by atoms with Crippen molar-refractivity contribution in [1.82, 2.24) is 4.90 Å². The van der Waals surface area contributed by atoms with Crippen molar-refractivity contribution in [3.8, 4) is 0 Å². The lowest BCUT2D eigenvalue weighted by atomic mass is 10.0. The highest BCUT2D eigenvalue weighted by Crippen LogP contribution is 2.22. The smallest absolute Gasteiger partial charge is 0.174 e. The van der Waals surface area contributed by atoms with Gasteiger partial charge in [-0.2, -0.15) is 0 Å². The van der Waals surface area contributed by atoms with Crippen LogP contribution in [0.15, 0.2) is 54.6 Å². The Bertz CT molecular complexity index is 686. The van der Waals surface area contributed by atoms with E-state index in [0.717, 1.165) is 36.9 Å². The summed E-state index contributed by atoms with van der Waals surface area (Å²) in [5.41, 5.74) is 3.74. The number of thiocarbonyl (C=S) groups is 1. The zero-order chi connectivity index (χ0) is 16.9. The van der Waals surface area contributed by atoms with Crippen molar-refractivity contribution in [1.29, 1.82) is 0 Å². The second-order valence-electron chi connectivity index (χ2n) is 6.52. The number of rotatable bonds is 3. The second-order valence-corrected chi connectivity index (χ2v) is 6.90. The van der Waals surface area contributed by atoms with Gasteiger partial charge in [-0.05, 0) is 41.9 Å². The van der Waals surface area contributed by atoms with Gasteiger partial charge in [0.05, 0.1) is 20.1 Å². The molecule has 2 aromatic rings. The first kappa shape index (κ1) is 16.9. The van der Waals surface area contributed by atoms with E-state index in [9.17, 15) is 0 Å². The van der Waals surface area contributed by atoms with Crippen LogP contribution in [0.3, 0.4) is 0 Å². The maximum atomic E-state index is 5.76. The van der Waals surface area contributed by atoms with Gasteiger partial charge in [-0.15, -0.1) is 0 Å². The Morgan fingerprint density at radius 3 is 2.75 bits per heavy atom. The van der Waals surface area contributed by atoms with E-state index in [1.54, 1.807) is 4.90 Å². The normalized spacial score (nSPS) is 20.7. The van der Waals surface area contributed by atoms with Gasteiger partial charge in [-0.25, -0.2) is 0 Å². The van der Waals surface area contributed by atoms with E-state index in [0.29, 0.717) is 6.04 Å². The molecule has 0 spiro atoms. The number of hydrogen-bond donors (Lipinski definition) is 2. The van der Waals surface area contributed by atoms with E-state index in [1.807, 2.05) is 0 Å². The first-order valence-corrected chi connectivity index (χ1v) is 9.11. The van der Waals surface area contributed by atoms with Gasteiger partial charge < -0.3 is 15.1 Å². The Hall–Kier alpha value is -1.91. The van der Waals surface area contributed by atoms with Crippen LogP contribution in [0.25, 0.3) is 0 Å². The van der Waals surface area contributed by atoms with E-state index in [2.05, 4.69) is 78.8 Å². The first-order chi connectivity index (χ1) is 11.7. The molecule has 0 amide bonds. The summed E-state index contributed by atoms with van der Waals surface area (Å²) in [6.45, 7) is 5.33. The maximum Gasteiger partial charge on any atom is 0.174 e. The topological polar surface area (TPSA) is 19.7 Å². The van der Waals surface area contributed by atoms with E-state index in [-0.39, 0.29) is 0 Å². The molecule has 4 heteroatoms. The van der Waals surface area contributed by atoms with E-state index >= 15 is 0 Å². The molecule has 1 saturated heterocycles. The van der Waals surface area contributed by atoms with Gasteiger partial charge >= 0.3 is 0 Å². The summed E-state index contributed by atoms with van der Waals surface area (Å²) in [6.07, 6.45) is 1.03. The fourth-order valence-corrected chi connectivity index (χ4v) is 3.63. The molecule has 2 N–H and O–H groups in total. The lowest BCUT2D eigenvalue weighted by Gasteiger charge is -2.39. The van der Waals surface area contributed by atoms with Crippen LogP contribution in [-0.2, 0) is 6.42 Å². The van der Waals surface area contributed by atoms with Crippen LogP contribution in [0.5, 0.6) is 0 Å². The second kappa shape index (κ2) is 7.77. The quantitative estimate of drug-likeness (QED) is 0.838. The fraction of sp³-hybridized carbons (Fsp3) is 0.350. The minimum Gasteiger partial charge on any atom is -0.334 e. The summed E-state index contributed by atoms with van der Waals surface area (Å²) in [5, 5.41) is 4.27. The predicted octanol–water partition coefficient (Wildman–Crippen LogP) is 2.52. The van der Waals surface area contributed by atoms with E-state index in [1.165, 1.54) is 11.1 Å². The third-order valence-electron chi connectivity index (χ3n) is 4.73. The molecule has 0 aromatic heterocycles. The van der Waals surface area contributed by atoms with Crippen LogP contribution in [0.2, 0.25) is 0 Å². The Morgan fingerprint density at radius 1 is 1.21 bits per heavy atom. The van der Waals surface area contributed by atoms with E-state index < -0.39 is 0 Å². The molecule has 2 aromatic carbocycles. The standard InChI is InChI=1S/C20H25N3S/c1-3-16-8-7-11-18(14-16)21-20(24)23-13-12-22(2)15-19(23)17-9-5-4-6-10-17/h4-11,14,19H,3,12-13,15H2,1-2H3,(H,21,24)/p+1/t19-/m0/s1. The van der Waals surface area contributed by atoms with Gasteiger partial charge in [0.1, 0.15) is 12.6 Å². The average Bonchev–Trinajstić information content (AvgIpc) is 2.62. The zero-order valence-electron chi connectivity index (χ0n) is 14.5. The number of nitrogens with zero attached hydrogens (tertiary/aromatic N) is 1. The van der Waals surface area contributed by atoms with Crippen molar-refractivity contribution in [2.24, 2.45) is 0 Å². The predicted molar refractivity (Wildman–Crippen MR) is 105 cm³/mol. The van der Waals surface area contributed by atoms with Crippen molar-refractivity contribution in [3.63, 3.8) is 0 Å². The lowest BCUT2D eigenvalue weighted by Crippen LogP contribution is -3.12. The van der Waals surface area contributed by atoms with E-state index in [4.69, 9.17) is 12.2 Å². The molecule has 126 valence electrons. The molecule has 1 aliphatic rings. The summed E-state index contributed by atoms with van der Waals surface area (Å²) >= 11 is 5.76. The van der Waals surface area contributed by atoms with Crippen LogP contribution in [-0.4, -0.2) is 36.7 Å². The fourth-order valence-electron chi connectivity index (χ4n) is 3.29. The molecule has 0 saturated carbocycles. The van der Waals surface area contributed by atoms with Gasteiger partial charge in [0.25, 0.3) is 0 Å². The number of nitrogens with one attached hydrogen (secondary N) is 2. The summed E-state index contributed by atoms with van der Waals surface area (Å²) in [5.74, 6) is 0. The number of anilines is 1.